The molecule has 5 nitrogen and oxygen atoms in total. The zero-order chi connectivity index (χ0) is 19.3. The van der Waals surface area contributed by atoms with Gasteiger partial charge < -0.3 is 15.0 Å². The van der Waals surface area contributed by atoms with Crippen LogP contribution in [0.25, 0.3) is 0 Å². The zero-order valence-electron chi connectivity index (χ0n) is 16.0. The van der Waals surface area contributed by atoms with Gasteiger partial charge in [-0.05, 0) is 23.8 Å². The van der Waals surface area contributed by atoms with Gasteiger partial charge in [-0.25, -0.2) is 0 Å². The molecule has 0 heterocycles. The largest absolute Gasteiger partial charge is 0.497 e. The number of para-hydroxylation sites is 1. The summed E-state index contributed by atoms with van der Waals surface area (Å²) in [6.45, 7) is 5.53. The minimum Gasteiger partial charge on any atom is -0.497 e. The molecular weight excluding hydrogens is 328 g/mol. The van der Waals surface area contributed by atoms with Crippen LogP contribution in [0.15, 0.2) is 48.5 Å². The Morgan fingerprint density at radius 3 is 2.31 bits per heavy atom. The van der Waals surface area contributed by atoms with E-state index in [1.807, 2.05) is 57.2 Å². The number of methoxy groups -OCH3 is 1. The summed E-state index contributed by atoms with van der Waals surface area (Å²) in [6, 6.07) is 14.8. The first-order valence-electron chi connectivity index (χ1n) is 8.52. The van der Waals surface area contributed by atoms with Gasteiger partial charge in [0.2, 0.25) is 11.8 Å². The van der Waals surface area contributed by atoms with Crippen molar-refractivity contribution in [2.75, 3.05) is 24.4 Å². The van der Waals surface area contributed by atoms with Crippen LogP contribution in [0, 0.1) is 5.41 Å². The molecule has 2 amide bonds. The molecule has 0 saturated heterocycles. The molecule has 2 aromatic rings. The van der Waals surface area contributed by atoms with Crippen LogP contribution in [-0.2, 0) is 16.0 Å². The molecule has 1 N–H and O–H groups in total. The minimum atomic E-state index is -0.537. The van der Waals surface area contributed by atoms with E-state index in [2.05, 4.69) is 5.32 Å². The molecule has 0 aliphatic carbocycles. The molecule has 0 spiro atoms. The van der Waals surface area contributed by atoms with Crippen molar-refractivity contribution >= 4 is 23.2 Å². The van der Waals surface area contributed by atoms with Crippen LogP contribution < -0.4 is 15.0 Å². The van der Waals surface area contributed by atoms with E-state index >= 15 is 0 Å². The number of hydrogen-bond donors (Lipinski definition) is 1. The Labute approximate surface area is 155 Å². The number of ether oxygens (including phenoxy) is 1. The fourth-order valence-electron chi connectivity index (χ4n) is 2.34. The zero-order valence-corrected chi connectivity index (χ0v) is 16.0. The van der Waals surface area contributed by atoms with E-state index in [1.54, 1.807) is 31.2 Å². The van der Waals surface area contributed by atoms with Crippen LogP contribution >= 0.6 is 0 Å². The van der Waals surface area contributed by atoms with Gasteiger partial charge in [0.15, 0.2) is 0 Å². The summed E-state index contributed by atoms with van der Waals surface area (Å²) in [6.07, 6.45) is 0.176. The number of benzene rings is 2. The fraction of sp³-hybridized carbons (Fsp3) is 0.333. The standard InChI is InChI=1S/C21H26N2O3/c1-21(2,3)20(25)22-18-14-17(26-5)12-11-15(18)13-19(24)23(4)16-9-7-6-8-10-16/h6-12,14H,13H2,1-5H3,(H,22,25). The molecule has 0 atom stereocenters. The molecule has 0 fully saturated rings. The molecule has 26 heavy (non-hydrogen) atoms. The highest BCUT2D eigenvalue weighted by Crippen LogP contribution is 2.26. The number of amides is 2. The van der Waals surface area contributed by atoms with Gasteiger partial charge in [0.25, 0.3) is 0 Å². The molecule has 5 heteroatoms. The van der Waals surface area contributed by atoms with E-state index < -0.39 is 5.41 Å². The molecule has 0 aliphatic rings. The Hall–Kier alpha value is -2.82. The molecule has 0 radical (unpaired) electrons. The molecule has 0 aliphatic heterocycles. The number of rotatable bonds is 5. The maximum atomic E-state index is 12.7. The van der Waals surface area contributed by atoms with Gasteiger partial charge in [-0.3, -0.25) is 9.59 Å². The smallest absolute Gasteiger partial charge is 0.231 e. The lowest BCUT2D eigenvalue weighted by molar-refractivity contribution is -0.123. The van der Waals surface area contributed by atoms with Gasteiger partial charge in [-0.1, -0.05) is 45.0 Å². The van der Waals surface area contributed by atoms with Crippen molar-refractivity contribution in [3.8, 4) is 5.75 Å². The number of nitrogens with one attached hydrogen (secondary N) is 1. The van der Waals surface area contributed by atoms with Gasteiger partial charge in [-0.2, -0.15) is 0 Å². The topological polar surface area (TPSA) is 58.6 Å². The van der Waals surface area contributed by atoms with Gasteiger partial charge in [0.1, 0.15) is 5.75 Å². The summed E-state index contributed by atoms with van der Waals surface area (Å²) in [5.74, 6) is 0.449. The Morgan fingerprint density at radius 1 is 1.08 bits per heavy atom. The molecular formula is C21H26N2O3. The average Bonchev–Trinajstić information content (AvgIpc) is 2.62. The first-order valence-corrected chi connectivity index (χ1v) is 8.52. The second-order valence-corrected chi connectivity index (χ2v) is 7.19. The molecule has 0 saturated carbocycles. The summed E-state index contributed by atoms with van der Waals surface area (Å²) >= 11 is 0. The number of anilines is 2. The van der Waals surface area contributed by atoms with Gasteiger partial charge in [0, 0.05) is 29.9 Å². The highest BCUT2D eigenvalue weighted by atomic mass is 16.5. The summed E-state index contributed by atoms with van der Waals surface area (Å²) in [5.41, 5.74) is 1.63. The third-order valence-corrected chi connectivity index (χ3v) is 4.11. The Bertz CT molecular complexity index is 780. The molecule has 0 bridgehead atoms. The second kappa shape index (κ2) is 8.04. The highest BCUT2D eigenvalue weighted by molar-refractivity contribution is 5.98. The number of likely N-dealkylation sites (N-methyl/N-ethyl adjacent to an activating group) is 1. The number of carbonyl (C=O) groups is 2. The Morgan fingerprint density at radius 2 is 1.73 bits per heavy atom. The SMILES string of the molecule is COc1ccc(CC(=O)N(C)c2ccccc2)c(NC(=O)C(C)(C)C)c1. The van der Waals surface area contributed by atoms with E-state index in [1.165, 1.54) is 0 Å². The Balaban J connectivity index is 2.25. The maximum Gasteiger partial charge on any atom is 0.231 e. The van der Waals surface area contributed by atoms with E-state index in [-0.39, 0.29) is 18.2 Å². The third-order valence-electron chi connectivity index (χ3n) is 4.11. The van der Waals surface area contributed by atoms with Crippen molar-refractivity contribution in [3.05, 3.63) is 54.1 Å². The molecule has 0 aromatic heterocycles. The molecule has 2 rings (SSSR count). The van der Waals surface area contributed by atoms with Crippen molar-refractivity contribution in [2.45, 2.75) is 27.2 Å². The number of nitrogens with zero attached hydrogens (tertiary/aromatic N) is 1. The lowest BCUT2D eigenvalue weighted by atomic mass is 9.95. The normalized spacial score (nSPS) is 11.0. The lowest BCUT2D eigenvalue weighted by Crippen LogP contribution is -2.30. The third kappa shape index (κ3) is 4.85. The molecule has 138 valence electrons. The van der Waals surface area contributed by atoms with Gasteiger partial charge >= 0.3 is 0 Å². The number of carbonyl (C=O) groups excluding carboxylic acids is 2. The summed E-state index contributed by atoms with van der Waals surface area (Å²) in [5, 5.41) is 2.92. The number of hydrogen-bond acceptors (Lipinski definition) is 3. The molecule has 2 aromatic carbocycles. The fourth-order valence-corrected chi connectivity index (χ4v) is 2.34. The summed E-state index contributed by atoms with van der Waals surface area (Å²) in [7, 11) is 3.31. The van der Waals surface area contributed by atoms with Gasteiger partial charge in [-0.15, -0.1) is 0 Å². The highest BCUT2D eigenvalue weighted by Gasteiger charge is 2.23. The van der Waals surface area contributed by atoms with E-state index in [0.717, 1.165) is 11.3 Å². The van der Waals surface area contributed by atoms with Crippen molar-refractivity contribution in [1.29, 1.82) is 0 Å². The van der Waals surface area contributed by atoms with Crippen LogP contribution in [0.2, 0.25) is 0 Å². The maximum absolute atomic E-state index is 12.7. The first-order chi connectivity index (χ1) is 12.2. The summed E-state index contributed by atoms with van der Waals surface area (Å²) < 4.78 is 5.25. The second-order valence-electron chi connectivity index (χ2n) is 7.19. The Kier molecular flexibility index (Phi) is 6.03. The van der Waals surface area contributed by atoms with Crippen LogP contribution in [0.4, 0.5) is 11.4 Å². The van der Waals surface area contributed by atoms with Gasteiger partial charge in [0.05, 0.1) is 13.5 Å². The van der Waals surface area contributed by atoms with Crippen molar-refractivity contribution in [3.63, 3.8) is 0 Å². The van der Waals surface area contributed by atoms with Crippen molar-refractivity contribution in [1.82, 2.24) is 0 Å². The van der Waals surface area contributed by atoms with Crippen molar-refractivity contribution < 1.29 is 14.3 Å². The van der Waals surface area contributed by atoms with Crippen LogP contribution in [0.5, 0.6) is 5.75 Å². The quantitative estimate of drug-likeness (QED) is 0.886. The van der Waals surface area contributed by atoms with E-state index in [4.69, 9.17) is 4.74 Å². The summed E-state index contributed by atoms with van der Waals surface area (Å²) in [4.78, 5) is 26.7. The van der Waals surface area contributed by atoms with Crippen molar-refractivity contribution in [2.24, 2.45) is 5.41 Å². The first kappa shape index (κ1) is 19.5. The molecule has 0 unspecified atom stereocenters. The predicted octanol–water partition coefficient (Wildman–Crippen LogP) is 3.89. The van der Waals surface area contributed by atoms with Crippen LogP contribution in [0.3, 0.4) is 0 Å². The average molecular weight is 354 g/mol. The lowest BCUT2D eigenvalue weighted by Gasteiger charge is -2.21. The predicted molar refractivity (Wildman–Crippen MR) is 105 cm³/mol. The monoisotopic (exact) mass is 354 g/mol. The van der Waals surface area contributed by atoms with E-state index in [0.29, 0.717) is 11.4 Å². The van der Waals surface area contributed by atoms with E-state index in [9.17, 15) is 9.59 Å². The van der Waals surface area contributed by atoms with Crippen LogP contribution in [0.1, 0.15) is 26.3 Å². The van der Waals surface area contributed by atoms with Crippen LogP contribution in [-0.4, -0.2) is 26.0 Å². The minimum absolute atomic E-state index is 0.0624.